The van der Waals surface area contributed by atoms with E-state index in [0.29, 0.717) is 0 Å². The molecule has 0 amide bonds. The van der Waals surface area contributed by atoms with Crippen LogP contribution in [0.2, 0.25) is 0 Å². The van der Waals surface area contributed by atoms with Gasteiger partial charge in [0.15, 0.2) is 0 Å². The Kier molecular flexibility index (Phi) is 3.09. The lowest BCUT2D eigenvalue weighted by atomic mass is 10.3. The Labute approximate surface area is 69.0 Å². The minimum Gasteiger partial charge on any atom is -0.249 e. The first-order valence-electron chi connectivity index (χ1n) is 2.96. The van der Waals surface area contributed by atoms with Gasteiger partial charge in [-0.05, 0) is 35.6 Å². The Morgan fingerprint density at radius 2 is 2.20 bits per heavy atom. The second-order valence-corrected chi connectivity index (χ2v) is 4.34. The molecule has 0 aliphatic rings. The zero-order valence-corrected chi connectivity index (χ0v) is 7.63. The summed E-state index contributed by atoms with van der Waals surface area (Å²) in [6.45, 7) is 2.04. The number of hydrogen-bond acceptors (Lipinski definition) is 3. The number of aromatic nitrogens is 1. The van der Waals surface area contributed by atoms with Crippen molar-refractivity contribution in [1.29, 1.82) is 0 Å². The van der Waals surface area contributed by atoms with E-state index in [1.54, 1.807) is 21.6 Å². The van der Waals surface area contributed by atoms with Crippen molar-refractivity contribution in [1.82, 2.24) is 4.98 Å². The van der Waals surface area contributed by atoms with Gasteiger partial charge < -0.3 is 0 Å². The first kappa shape index (κ1) is 7.95. The van der Waals surface area contributed by atoms with Crippen molar-refractivity contribution in [2.24, 2.45) is 0 Å². The van der Waals surface area contributed by atoms with Gasteiger partial charge in [-0.1, -0.05) is 16.9 Å². The van der Waals surface area contributed by atoms with Crippen molar-refractivity contribution < 1.29 is 0 Å². The van der Waals surface area contributed by atoms with Gasteiger partial charge in [0.2, 0.25) is 0 Å². The fourth-order valence-corrected chi connectivity index (χ4v) is 1.79. The summed E-state index contributed by atoms with van der Waals surface area (Å²) in [4.78, 5) is 4.21. The van der Waals surface area contributed by atoms with Gasteiger partial charge in [0.05, 0.1) is 0 Å². The van der Waals surface area contributed by atoms with E-state index < -0.39 is 0 Å². The molecule has 0 atom stereocenters. The largest absolute Gasteiger partial charge is 0.249 e. The highest BCUT2D eigenvalue weighted by atomic mass is 33.1. The second-order valence-electron chi connectivity index (χ2n) is 1.92. The standard InChI is InChI=1S/C7H9NS2/c1-6-3-4-7(8-5-6)10-9-2/h3-5H,1-2H3. The summed E-state index contributed by atoms with van der Waals surface area (Å²) in [5.41, 5.74) is 1.21. The lowest BCUT2D eigenvalue weighted by molar-refractivity contribution is 1.12. The molecule has 0 N–H and O–H groups in total. The summed E-state index contributed by atoms with van der Waals surface area (Å²) in [5.74, 6) is 0. The molecule has 3 heteroatoms. The Hall–Kier alpha value is -0.150. The zero-order chi connectivity index (χ0) is 7.40. The van der Waals surface area contributed by atoms with Crippen LogP contribution in [-0.4, -0.2) is 11.2 Å². The van der Waals surface area contributed by atoms with Crippen LogP contribution in [0.25, 0.3) is 0 Å². The molecule has 0 bridgehead atoms. The van der Waals surface area contributed by atoms with Crippen molar-refractivity contribution >= 4 is 21.6 Å². The maximum atomic E-state index is 4.21. The van der Waals surface area contributed by atoms with Crippen LogP contribution in [0.5, 0.6) is 0 Å². The van der Waals surface area contributed by atoms with E-state index in [0.717, 1.165) is 5.03 Å². The van der Waals surface area contributed by atoms with Crippen molar-refractivity contribution in [3.63, 3.8) is 0 Å². The van der Waals surface area contributed by atoms with Crippen LogP contribution in [0.15, 0.2) is 23.4 Å². The molecule has 1 nitrogen and oxygen atoms in total. The Bertz CT molecular complexity index is 195. The summed E-state index contributed by atoms with van der Waals surface area (Å²) in [6, 6.07) is 4.11. The topological polar surface area (TPSA) is 12.9 Å². The Morgan fingerprint density at radius 3 is 2.70 bits per heavy atom. The summed E-state index contributed by atoms with van der Waals surface area (Å²) in [6.07, 6.45) is 3.94. The third-order valence-corrected chi connectivity index (χ3v) is 2.64. The highest BCUT2D eigenvalue weighted by Gasteiger charge is 1.90. The summed E-state index contributed by atoms with van der Waals surface area (Å²) in [7, 11) is 3.40. The SMILES string of the molecule is CSSc1ccc(C)cn1. The van der Waals surface area contributed by atoms with Crippen LogP contribution >= 0.6 is 21.6 Å². The molecule has 1 rings (SSSR count). The lowest BCUT2D eigenvalue weighted by Gasteiger charge is -1.95. The Morgan fingerprint density at radius 1 is 1.40 bits per heavy atom. The number of nitrogens with zero attached hydrogens (tertiary/aromatic N) is 1. The van der Waals surface area contributed by atoms with E-state index in [1.807, 2.05) is 25.4 Å². The molecule has 0 radical (unpaired) electrons. The molecular weight excluding hydrogens is 162 g/mol. The number of rotatable bonds is 2. The fraction of sp³-hybridized carbons (Fsp3) is 0.286. The van der Waals surface area contributed by atoms with Crippen molar-refractivity contribution in [2.45, 2.75) is 11.9 Å². The molecule has 0 aliphatic carbocycles. The molecule has 0 saturated heterocycles. The van der Waals surface area contributed by atoms with Crippen LogP contribution in [0.4, 0.5) is 0 Å². The van der Waals surface area contributed by atoms with E-state index in [2.05, 4.69) is 11.1 Å². The van der Waals surface area contributed by atoms with Crippen LogP contribution in [0.3, 0.4) is 0 Å². The highest BCUT2D eigenvalue weighted by molar-refractivity contribution is 8.76. The number of hydrogen-bond donors (Lipinski definition) is 0. The van der Waals surface area contributed by atoms with Gasteiger partial charge in [-0.25, -0.2) is 4.98 Å². The normalized spacial score (nSPS) is 9.80. The predicted octanol–water partition coefficient (Wildman–Crippen LogP) is 2.76. The van der Waals surface area contributed by atoms with Gasteiger partial charge in [-0.2, -0.15) is 0 Å². The first-order valence-corrected chi connectivity index (χ1v) is 5.52. The molecule has 0 aromatic carbocycles. The summed E-state index contributed by atoms with van der Waals surface area (Å²) in [5, 5.41) is 1.08. The van der Waals surface area contributed by atoms with E-state index in [1.165, 1.54) is 5.56 Å². The Balaban J connectivity index is 2.69. The molecular formula is C7H9NS2. The summed E-state index contributed by atoms with van der Waals surface area (Å²) < 4.78 is 0. The molecule has 10 heavy (non-hydrogen) atoms. The zero-order valence-electron chi connectivity index (χ0n) is 6.00. The predicted molar refractivity (Wildman–Crippen MR) is 48.3 cm³/mol. The monoisotopic (exact) mass is 171 g/mol. The van der Waals surface area contributed by atoms with Gasteiger partial charge in [0.25, 0.3) is 0 Å². The smallest absolute Gasteiger partial charge is 0.106 e. The van der Waals surface area contributed by atoms with E-state index >= 15 is 0 Å². The van der Waals surface area contributed by atoms with E-state index in [-0.39, 0.29) is 0 Å². The quantitative estimate of drug-likeness (QED) is 0.635. The van der Waals surface area contributed by atoms with Crippen molar-refractivity contribution in [3.8, 4) is 0 Å². The molecule has 0 aliphatic heterocycles. The molecule has 0 unspecified atom stereocenters. The molecule has 0 spiro atoms. The van der Waals surface area contributed by atoms with Gasteiger partial charge >= 0.3 is 0 Å². The van der Waals surface area contributed by atoms with Gasteiger partial charge in [-0.15, -0.1) is 0 Å². The molecule has 0 fully saturated rings. The average Bonchev–Trinajstić information content (AvgIpc) is 1.95. The molecule has 1 heterocycles. The minimum absolute atomic E-state index is 1.08. The highest BCUT2D eigenvalue weighted by Crippen LogP contribution is 2.25. The second kappa shape index (κ2) is 3.88. The van der Waals surface area contributed by atoms with E-state index in [9.17, 15) is 0 Å². The fourth-order valence-electron chi connectivity index (χ4n) is 0.589. The molecule has 0 saturated carbocycles. The average molecular weight is 171 g/mol. The van der Waals surface area contributed by atoms with Gasteiger partial charge in [0.1, 0.15) is 5.03 Å². The van der Waals surface area contributed by atoms with Crippen molar-refractivity contribution in [3.05, 3.63) is 23.9 Å². The van der Waals surface area contributed by atoms with Crippen LogP contribution in [-0.2, 0) is 0 Å². The lowest BCUT2D eigenvalue weighted by Crippen LogP contribution is -1.77. The molecule has 54 valence electrons. The van der Waals surface area contributed by atoms with Gasteiger partial charge in [0, 0.05) is 6.20 Å². The van der Waals surface area contributed by atoms with Crippen LogP contribution < -0.4 is 0 Å². The summed E-state index contributed by atoms with van der Waals surface area (Å²) >= 11 is 0. The number of aryl methyl sites for hydroxylation is 1. The van der Waals surface area contributed by atoms with E-state index in [4.69, 9.17) is 0 Å². The van der Waals surface area contributed by atoms with Crippen LogP contribution in [0.1, 0.15) is 5.56 Å². The third-order valence-electron chi connectivity index (χ3n) is 1.05. The van der Waals surface area contributed by atoms with Crippen molar-refractivity contribution in [2.75, 3.05) is 6.26 Å². The molecule has 1 aromatic rings. The maximum Gasteiger partial charge on any atom is 0.106 e. The molecule has 1 aromatic heterocycles. The van der Waals surface area contributed by atoms with Crippen LogP contribution in [0, 0.1) is 6.92 Å². The van der Waals surface area contributed by atoms with Gasteiger partial charge in [-0.3, -0.25) is 0 Å². The third kappa shape index (κ3) is 2.23. The minimum atomic E-state index is 1.08. The maximum absolute atomic E-state index is 4.21. The number of pyridine rings is 1. The first-order chi connectivity index (χ1) is 4.83.